The van der Waals surface area contributed by atoms with E-state index in [2.05, 4.69) is 10.5 Å². The Kier molecular flexibility index (Phi) is 8.04. The number of aromatic nitrogens is 1. The summed E-state index contributed by atoms with van der Waals surface area (Å²) in [5.74, 6) is -0.565. The van der Waals surface area contributed by atoms with Crippen molar-refractivity contribution in [1.82, 2.24) is 9.99 Å². The molecule has 0 aliphatic rings. The molecular formula is C29H29ClN4O3S. The zero-order valence-corrected chi connectivity index (χ0v) is 23.2. The van der Waals surface area contributed by atoms with Crippen LogP contribution in [-0.4, -0.2) is 31.7 Å². The Morgan fingerprint density at radius 3 is 2.39 bits per heavy atom. The van der Waals surface area contributed by atoms with E-state index >= 15 is 0 Å². The van der Waals surface area contributed by atoms with Gasteiger partial charge in [0.2, 0.25) is 0 Å². The number of sulfonamides is 1. The van der Waals surface area contributed by atoms with E-state index in [0.717, 1.165) is 38.1 Å². The Labute approximate surface area is 228 Å². The van der Waals surface area contributed by atoms with E-state index in [-0.39, 0.29) is 4.90 Å². The van der Waals surface area contributed by atoms with Crippen molar-refractivity contribution in [3.8, 4) is 5.69 Å². The lowest BCUT2D eigenvalue weighted by molar-refractivity contribution is -0.119. The van der Waals surface area contributed by atoms with Crippen LogP contribution in [0.1, 0.15) is 28.1 Å². The lowest BCUT2D eigenvalue weighted by Gasteiger charge is -2.25. The number of nitrogens with one attached hydrogen (secondary N) is 1. The molecule has 1 N–H and O–H groups in total. The number of rotatable bonds is 8. The average Bonchev–Trinajstić information content (AvgIpc) is 3.16. The molecule has 196 valence electrons. The Morgan fingerprint density at radius 1 is 0.974 bits per heavy atom. The second kappa shape index (κ2) is 11.2. The number of nitrogens with zero attached hydrogens (tertiary/aromatic N) is 3. The minimum absolute atomic E-state index is 0.102. The van der Waals surface area contributed by atoms with Crippen LogP contribution >= 0.6 is 11.6 Å². The van der Waals surface area contributed by atoms with Crippen LogP contribution in [0.3, 0.4) is 0 Å². The molecule has 0 fully saturated rings. The van der Waals surface area contributed by atoms with Crippen molar-refractivity contribution in [2.75, 3.05) is 10.8 Å². The Hall–Kier alpha value is -3.88. The summed E-state index contributed by atoms with van der Waals surface area (Å²) in [5.41, 5.74) is 8.29. The Balaban J connectivity index is 1.57. The summed E-state index contributed by atoms with van der Waals surface area (Å²) in [7, 11) is -4.00. The van der Waals surface area contributed by atoms with Gasteiger partial charge in [-0.15, -0.1) is 0 Å². The smallest absolute Gasteiger partial charge is 0.264 e. The quantitative estimate of drug-likeness (QED) is 0.226. The molecule has 3 aromatic carbocycles. The molecule has 4 aromatic rings. The molecule has 0 aliphatic carbocycles. The molecule has 0 saturated carbocycles. The van der Waals surface area contributed by atoms with Crippen LogP contribution < -0.4 is 9.73 Å². The van der Waals surface area contributed by atoms with Crippen LogP contribution in [0, 0.1) is 27.7 Å². The maximum atomic E-state index is 13.5. The first kappa shape index (κ1) is 27.2. The van der Waals surface area contributed by atoms with Crippen LogP contribution in [0.4, 0.5) is 5.69 Å². The standard InChI is InChI=1S/C29H29ClN4O3S/c1-20-13-14-28(21(2)15-20)33(38(36,37)27-11-6-5-7-12-27)19-29(35)32-31-18-24-16-22(3)34(23(24)4)26-10-8-9-25(30)17-26/h5-18H,19H2,1-4H3,(H,32,35)/b31-18+. The van der Waals surface area contributed by atoms with E-state index in [1.807, 2.05) is 74.7 Å². The first-order valence-electron chi connectivity index (χ1n) is 12.0. The zero-order valence-electron chi connectivity index (χ0n) is 21.6. The first-order valence-corrected chi connectivity index (χ1v) is 13.8. The van der Waals surface area contributed by atoms with Gasteiger partial charge in [0.25, 0.3) is 15.9 Å². The summed E-state index contributed by atoms with van der Waals surface area (Å²) in [4.78, 5) is 13.0. The number of amides is 1. The lowest BCUT2D eigenvalue weighted by Crippen LogP contribution is -2.40. The Morgan fingerprint density at radius 2 is 1.71 bits per heavy atom. The van der Waals surface area contributed by atoms with E-state index in [4.69, 9.17) is 11.6 Å². The summed E-state index contributed by atoms with van der Waals surface area (Å²) >= 11 is 6.17. The molecule has 0 radical (unpaired) electrons. The average molecular weight is 549 g/mol. The predicted octanol–water partition coefficient (Wildman–Crippen LogP) is 5.71. The number of hydrazone groups is 1. The molecule has 0 unspecified atom stereocenters. The molecule has 1 heterocycles. The third kappa shape index (κ3) is 5.82. The van der Waals surface area contributed by atoms with E-state index in [0.29, 0.717) is 10.7 Å². The van der Waals surface area contributed by atoms with Crippen LogP contribution in [-0.2, 0) is 14.8 Å². The van der Waals surface area contributed by atoms with Crippen molar-refractivity contribution in [3.63, 3.8) is 0 Å². The highest BCUT2D eigenvalue weighted by Crippen LogP contribution is 2.27. The van der Waals surface area contributed by atoms with Gasteiger partial charge in [0.1, 0.15) is 6.54 Å². The number of anilines is 1. The predicted molar refractivity (Wildman–Crippen MR) is 153 cm³/mol. The van der Waals surface area contributed by atoms with Gasteiger partial charge in [-0.3, -0.25) is 9.10 Å². The summed E-state index contributed by atoms with van der Waals surface area (Å²) in [6, 6.07) is 23.0. The molecule has 1 amide bonds. The highest BCUT2D eigenvalue weighted by atomic mass is 35.5. The maximum absolute atomic E-state index is 13.5. The van der Waals surface area contributed by atoms with Gasteiger partial charge in [-0.1, -0.05) is 53.6 Å². The molecule has 4 rings (SSSR count). The van der Waals surface area contributed by atoms with E-state index < -0.39 is 22.5 Å². The van der Waals surface area contributed by atoms with Gasteiger partial charge in [-0.2, -0.15) is 5.10 Å². The van der Waals surface area contributed by atoms with Crippen molar-refractivity contribution in [3.05, 3.63) is 112 Å². The first-order chi connectivity index (χ1) is 18.1. The second-order valence-corrected chi connectivity index (χ2v) is 11.3. The number of halogens is 1. The normalized spacial score (nSPS) is 11.6. The Bertz CT molecular complexity index is 1610. The minimum Gasteiger partial charge on any atom is -0.318 e. The largest absolute Gasteiger partial charge is 0.318 e. The molecule has 9 heteroatoms. The summed E-state index contributed by atoms with van der Waals surface area (Å²) in [6.07, 6.45) is 1.55. The second-order valence-electron chi connectivity index (χ2n) is 9.05. The lowest BCUT2D eigenvalue weighted by atomic mass is 10.1. The molecule has 1 aromatic heterocycles. The number of carbonyl (C=O) groups excluding carboxylic acids is 1. The van der Waals surface area contributed by atoms with E-state index in [1.165, 1.54) is 12.1 Å². The molecule has 0 spiro atoms. The van der Waals surface area contributed by atoms with Crippen molar-refractivity contribution < 1.29 is 13.2 Å². The minimum atomic E-state index is -4.00. The highest BCUT2D eigenvalue weighted by molar-refractivity contribution is 7.92. The summed E-state index contributed by atoms with van der Waals surface area (Å²) in [6.45, 7) is 7.24. The number of benzene rings is 3. The van der Waals surface area contributed by atoms with Crippen LogP contribution in [0.25, 0.3) is 5.69 Å². The summed E-state index contributed by atoms with van der Waals surface area (Å²) < 4.78 is 30.2. The van der Waals surface area contributed by atoms with Crippen LogP contribution in [0.5, 0.6) is 0 Å². The van der Waals surface area contributed by atoms with Crippen molar-refractivity contribution in [1.29, 1.82) is 0 Å². The van der Waals surface area contributed by atoms with Gasteiger partial charge in [-0.05, 0) is 75.7 Å². The molecule has 38 heavy (non-hydrogen) atoms. The van der Waals surface area contributed by atoms with Gasteiger partial charge < -0.3 is 4.57 Å². The molecule has 0 bridgehead atoms. The fourth-order valence-electron chi connectivity index (χ4n) is 4.37. The van der Waals surface area contributed by atoms with Gasteiger partial charge in [0.15, 0.2) is 0 Å². The fraction of sp³-hybridized carbons (Fsp3) is 0.172. The van der Waals surface area contributed by atoms with Crippen molar-refractivity contribution in [2.45, 2.75) is 32.6 Å². The molecule has 0 aliphatic heterocycles. The van der Waals surface area contributed by atoms with Gasteiger partial charge >= 0.3 is 0 Å². The zero-order chi connectivity index (χ0) is 27.4. The molecule has 7 nitrogen and oxygen atoms in total. The third-order valence-electron chi connectivity index (χ3n) is 6.17. The van der Waals surface area contributed by atoms with Crippen molar-refractivity contribution >= 4 is 39.4 Å². The van der Waals surface area contributed by atoms with Gasteiger partial charge in [-0.25, -0.2) is 13.8 Å². The molecule has 0 atom stereocenters. The number of hydrogen-bond acceptors (Lipinski definition) is 4. The SMILES string of the molecule is Cc1ccc(N(CC(=O)N/N=C/c2cc(C)n(-c3cccc(Cl)c3)c2C)S(=O)(=O)c2ccccc2)c(C)c1. The molecular weight excluding hydrogens is 520 g/mol. The molecule has 0 saturated heterocycles. The van der Waals surface area contributed by atoms with Gasteiger partial charge in [0, 0.05) is 27.7 Å². The topological polar surface area (TPSA) is 83.8 Å². The monoisotopic (exact) mass is 548 g/mol. The van der Waals surface area contributed by atoms with E-state index in [1.54, 1.807) is 30.5 Å². The number of hydrogen-bond donors (Lipinski definition) is 1. The van der Waals surface area contributed by atoms with E-state index in [9.17, 15) is 13.2 Å². The van der Waals surface area contributed by atoms with Crippen LogP contribution in [0.15, 0.2) is 88.9 Å². The number of carbonyl (C=O) groups is 1. The maximum Gasteiger partial charge on any atom is 0.264 e. The van der Waals surface area contributed by atoms with Crippen molar-refractivity contribution in [2.24, 2.45) is 5.10 Å². The third-order valence-corrected chi connectivity index (χ3v) is 8.18. The summed E-state index contributed by atoms with van der Waals surface area (Å²) in [5, 5.41) is 4.76. The fourth-order valence-corrected chi connectivity index (χ4v) is 6.07. The van der Waals surface area contributed by atoms with Crippen LogP contribution in [0.2, 0.25) is 5.02 Å². The highest BCUT2D eigenvalue weighted by Gasteiger charge is 2.28. The number of aryl methyl sites for hydroxylation is 3. The van der Waals surface area contributed by atoms with Gasteiger partial charge in [0.05, 0.1) is 16.8 Å².